The monoisotopic (exact) mass is 324 g/mol. The molecule has 0 aromatic rings. The molecule has 1 unspecified atom stereocenters. The van der Waals surface area contributed by atoms with Crippen molar-refractivity contribution in [2.75, 3.05) is 6.54 Å². The number of amides is 1. The second kappa shape index (κ2) is 7.87. The molecule has 0 bridgehead atoms. The highest BCUT2D eigenvalue weighted by atomic mass is 16.6. The number of hydrogen-bond acceptors (Lipinski definition) is 3. The van der Waals surface area contributed by atoms with Gasteiger partial charge in [-0.05, 0) is 64.2 Å². The summed E-state index contributed by atoms with van der Waals surface area (Å²) in [4.78, 5) is 11.9. The van der Waals surface area contributed by atoms with Gasteiger partial charge in [0.25, 0.3) is 0 Å². The first-order valence-corrected chi connectivity index (χ1v) is 9.47. The molecule has 0 aliphatic heterocycles. The molecule has 4 nitrogen and oxygen atoms in total. The smallest absolute Gasteiger partial charge is 0.407 e. The molecule has 2 rings (SSSR count). The van der Waals surface area contributed by atoms with Gasteiger partial charge in [-0.15, -0.1) is 0 Å². The molecule has 0 spiro atoms. The second-order valence-corrected chi connectivity index (χ2v) is 8.87. The number of ether oxygens (including phenoxy) is 1. The van der Waals surface area contributed by atoms with Gasteiger partial charge in [0, 0.05) is 18.6 Å². The molecule has 0 aromatic heterocycles. The zero-order valence-electron chi connectivity index (χ0n) is 15.7. The van der Waals surface area contributed by atoms with Gasteiger partial charge in [0.15, 0.2) is 0 Å². The van der Waals surface area contributed by atoms with Crippen LogP contribution in [0.15, 0.2) is 0 Å². The lowest BCUT2D eigenvalue weighted by molar-refractivity contribution is 0.0511. The first-order chi connectivity index (χ1) is 10.7. The van der Waals surface area contributed by atoms with Gasteiger partial charge in [-0.2, -0.15) is 0 Å². The van der Waals surface area contributed by atoms with Crippen LogP contribution in [0.1, 0.15) is 73.1 Å². The number of hydrogen-bond donors (Lipinski definition) is 2. The zero-order valence-corrected chi connectivity index (χ0v) is 15.7. The Kier molecular flexibility index (Phi) is 6.35. The fourth-order valence-electron chi connectivity index (χ4n) is 3.87. The minimum atomic E-state index is -0.432. The van der Waals surface area contributed by atoms with E-state index in [1.165, 1.54) is 38.5 Å². The van der Waals surface area contributed by atoms with Gasteiger partial charge in [0.2, 0.25) is 0 Å². The fraction of sp³-hybridized carbons (Fsp3) is 0.947. The summed E-state index contributed by atoms with van der Waals surface area (Å²) in [5.74, 6) is 2.36. The maximum absolute atomic E-state index is 11.9. The average Bonchev–Trinajstić information content (AvgIpc) is 2.87. The van der Waals surface area contributed by atoms with Crippen molar-refractivity contribution in [2.45, 2.75) is 90.8 Å². The first-order valence-electron chi connectivity index (χ1n) is 9.47. The van der Waals surface area contributed by atoms with Crippen molar-refractivity contribution in [2.24, 2.45) is 17.8 Å². The molecule has 2 saturated carbocycles. The summed E-state index contributed by atoms with van der Waals surface area (Å²) in [6.45, 7) is 11.0. The summed E-state index contributed by atoms with van der Waals surface area (Å²) in [6, 6.07) is 1.02. The molecule has 23 heavy (non-hydrogen) atoms. The minimum Gasteiger partial charge on any atom is -0.444 e. The molecular weight excluding hydrogens is 288 g/mol. The zero-order chi connectivity index (χ0) is 17.0. The Hall–Kier alpha value is -0.770. The number of alkyl carbamates (subject to hydrolysis) is 1. The number of carbonyl (C=O) groups is 1. The van der Waals surface area contributed by atoms with Gasteiger partial charge in [-0.25, -0.2) is 4.79 Å². The van der Waals surface area contributed by atoms with Gasteiger partial charge in [0.1, 0.15) is 5.60 Å². The van der Waals surface area contributed by atoms with Gasteiger partial charge in [-0.1, -0.05) is 26.7 Å². The van der Waals surface area contributed by atoms with Crippen molar-refractivity contribution in [3.63, 3.8) is 0 Å². The molecule has 0 heterocycles. The first kappa shape index (κ1) is 18.6. The van der Waals surface area contributed by atoms with Crippen LogP contribution in [0.25, 0.3) is 0 Å². The molecule has 0 aromatic carbocycles. The van der Waals surface area contributed by atoms with Crippen molar-refractivity contribution in [1.29, 1.82) is 0 Å². The van der Waals surface area contributed by atoms with Crippen LogP contribution >= 0.6 is 0 Å². The van der Waals surface area contributed by atoms with Crippen LogP contribution in [0, 0.1) is 17.8 Å². The van der Waals surface area contributed by atoms with E-state index in [0.29, 0.717) is 24.5 Å². The molecule has 1 atom stereocenters. The predicted octanol–water partition coefficient (Wildman–Crippen LogP) is 4.09. The molecule has 0 radical (unpaired) electrons. The van der Waals surface area contributed by atoms with Gasteiger partial charge < -0.3 is 15.4 Å². The summed E-state index contributed by atoms with van der Waals surface area (Å²) >= 11 is 0. The lowest BCUT2D eigenvalue weighted by Crippen LogP contribution is -2.53. The maximum atomic E-state index is 11.9. The summed E-state index contributed by atoms with van der Waals surface area (Å²) in [5, 5.41) is 6.81. The van der Waals surface area contributed by atoms with Crippen LogP contribution in [-0.2, 0) is 4.74 Å². The molecule has 4 heteroatoms. The van der Waals surface area contributed by atoms with Crippen LogP contribution < -0.4 is 10.6 Å². The fourth-order valence-corrected chi connectivity index (χ4v) is 3.87. The van der Waals surface area contributed by atoms with Crippen molar-refractivity contribution in [3.8, 4) is 0 Å². The molecule has 2 N–H and O–H groups in total. The van der Waals surface area contributed by atoms with Crippen LogP contribution in [0.5, 0.6) is 0 Å². The Morgan fingerprint density at radius 3 is 2.26 bits per heavy atom. The molecule has 2 fully saturated rings. The Balaban J connectivity index is 1.79. The number of carbonyl (C=O) groups excluding carboxylic acids is 1. The Labute approximate surface area is 142 Å². The average molecular weight is 325 g/mol. The second-order valence-electron chi connectivity index (χ2n) is 8.87. The Morgan fingerprint density at radius 2 is 1.74 bits per heavy atom. The molecule has 2 aliphatic rings. The third kappa shape index (κ3) is 5.98. The highest BCUT2D eigenvalue weighted by Crippen LogP contribution is 2.35. The highest BCUT2D eigenvalue weighted by molar-refractivity contribution is 5.67. The third-order valence-corrected chi connectivity index (χ3v) is 5.40. The molecule has 2 aliphatic carbocycles. The van der Waals surface area contributed by atoms with Crippen molar-refractivity contribution >= 4 is 6.09 Å². The Bertz CT molecular complexity index is 377. The minimum absolute atomic E-state index is 0.295. The SMILES string of the molecule is CC(C)C1CC(NC(CNC(=O)OC(C)(C)C)C2CCCC2)C1. The van der Waals surface area contributed by atoms with Gasteiger partial charge in [-0.3, -0.25) is 0 Å². The van der Waals surface area contributed by atoms with Crippen LogP contribution in [-0.4, -0.2) is 30.3 Å². The van der Waals surface area contributed by atoms with E-state index in [9.17, 15) is 4.79 Å². The number of nitrogens with one attached hydrogen (secondary N) is 2. The lowest BCUT2D eigenvalue weighted by atomic mass is 9.73. The summed E-state index contributed by atoms with van der Waals surface area (Å²) in [5.41, 5.74) is -0.432. The molecule has 134 valence electrons. The van der Waals surface area contributed by atoms with Crippen LogP contribution in [0.4, 0.5) is 4.79 Å². The van der Waals surface area contributed by atoms with Crippen molar-refractivity contribution in [1.82, 2.24) is 10.6 Å². The predicted molar refractivity (Wildman–Crippen MR) is 94.5 cm³/mol. The van der Waals surface area contributed by atoms with Crippen molar-refractivity contribution in [3.05, 3.63) is 0 Å². The van der Waals surface area contributed by atoms with Gasteiger partial charge in [0.05, 0.1) is 0 Å². The molecular formula is C19H36N2O2. The van der Waals surface area contributed by atoms with E-state index in [-0.39, 0.29) is 6.09 Å². The summed E-state index contributed by atoms with van der Waals surface area (Å²) in [7, 11) is 0. The van der Waals surface area contributed by atoms with E-state index in [0.717, 1.165) is 11.8 Å². The Morgan fingerprint density at radius 1 is 1.13 bits per heavy atom. The quantitative estimate of drug-likeness (QED) is 0.773. The maximum Gasteiger partial charge on any atom is 0.407 e. The largest absolute Gasteiger partial charge is 0.444 e. The van der Waals surface area contributed by atoms with E-state index < -0.39 is 5.60 Å². The molecule has 1 amide bonds. The summed E-state index contributed by atoms with van der Waals surface area (Å²) < 4.78 is 5.37. The van der Waals surface area contributed by atoms with E-state index in [1.807, 2.05) is 20.8 Å². The molecule has 0 saturated heterocycles. The van der Waals surface area contributed by atoms with Crippen LogP contribution in [0.3, 0.4) is 0 Å². The highest BCUT2D eigenvalue weighted by Gasteiger charge is 2.35. The van der Waals surface area contributed by atoms with E-state index in [2.05, 4.69) is 24.5 Å². The topological polar surface area (TPSA) is 50.4 Å². The van der Waals surface area contributed by atoms with Crippen molar-refractivity contribution < 1.29 is 9.53 Å². The van der Waals surface area contributed by atoms with Crippen LogP contribution in [0.2, 0.25) is 0 Å². The van der Waals surface area contributed by atoms with E-state index in [1.54, 1.807) is 0 Å². The standard InChI is InChI=1S/C19H36N2O2/c1-13(2)15-10-16(11-15)21-17(14-8-6-7-9-14)12-20-18(22)23-19(3,4)5/h13-17,21H,6-12H2,1-5H3,(H,20,22). The normalized spacial score (nSPS) is 26.9. The number of rotatable bonds is 6. The third-order valence-electron chi connectivity index (χ3n) is 5.40. The van der Waals surface area contributed by atoms with E-state index >= 15 is 0 Å². The van der Waals surface area contributed by atoms with E-state index in [4.69, 9.17) is 4.74 Å². The van der Waals surface area contributed by atoms with Gasteiger partial charge >= 0.3 is 6.09 Å². The lowest BCUT2D eigenvalue weighted by Gasteiger charge is -2.42. The summed E-state index contributed by atoms with van der Waals surface area (Å²) in [6.07, 6.45) is 7.50.